The molecule has 0 radical (unpaired) electrons. The monoisotopic (exact) mass is 743 g/mol. The quantitative estimate of drug-likeness (QED) is 0.256. The molecule has 2 aliphatic carbocycles. The first-order valence-corrected chi connectivity index (χ1v) is 18.1. The van der Waals surface area contributed by atoms with E-state index in [2.05, 4.69) is 27.3 Å². The summed E-state index contributed by atoms with van der Waals surface area (Å²) in [6, 6.07) is 2.12. The van der Waals surface area contributed by atoms with Crippen LogP contribution in [-0.4, -0.2) is 84.3 Å². The zero-order valence-electron chi connectivity index (χ0n) is 28.2. The van der Waals surface area contributed by atoms with Gasteiger partial charge in [-0.1, -0.05) is 56.1 Å². The SMILES string of the molecule is C=CC1C[C@]1(NC(=O)[C@@H]1C[C@@H](OC(=O)Nc2cccc(Cl)c2Cl)CN1C(=O)[C@@H](NC(=O)OC(C)(C)C)C(C)(C)C)C(=O)NS(=O)(=O)C1CC1. The molecule has 0 aromatic heterocycles. The number of carbonyl (C=O) groups excluding carboxylic acids is 5. The summed E-state index contributed by atoms with van der Waals surface area (Å²) in [4.78, 5) is 68.5. The van der Waals surface area contributed by atoms with Crippen LogP contribution in [0.1, 0.15) is 67.2 Å². The molecular formula is C32H43Cl2N5O9S. The molecule has 0 bridgehead atoms. The Morgan fingerprint density at radius 3 is 2.27 bits per heavy atom. The molecule has 3 fully saturated rings. The fraction of sp³-hybridized carbons (Fsp3) is 0.594. The molecule has 4 N–H and O–H groups in total. The van der Waals surface area contributed by atoms with E-state index in [9.17, 15) is 32.4 Å². The second-order valence-corrected chi connectivity index (χ2v) is 17.4. The van der Waals surface area contributed by atoms with Crippen LogP contribution in [0.5, 0.6) is 0 Å². The molecule has 1 aliphatic heterocycles. The van der Waals surface area contributed by atoms with E-state index in [1.807, 2.05) is 0 Å². The van der Waals surface area contributed by atoms with Gasteiger partial charge < -0.3 is 25.0 Å². The van der Waals surface area contributed by atoms with E-state index in [0.717, 1.165) is 0 Å². The third kappa shape index (κ3) is 9.17. The van der Waals surface area contributed by atoms with Gasteiger partial charge in [-0.25, -0.2) is 18.0 Å². The molecular weight excluding hydrogens is 701 g/mol. The molecule has 0 spiro atoms. The molecule has 17 heteroatoms. The maximum absolute atomic E-state index is 14.2. The fourth-order valence-corrected chi connectivity index (χ4v) is 7.24. The predicted molar refractivity (Wildman–Crippen MR) is 182 cm³/mol. The summed E-state index contributed by atoms with van der Waals surface area (Å²) >= 11 is 12.2. The molecule has 1 unspecified atom stereocenters. The number of sulfonamides is 1. The largest absolute Gasteiger partial charge is 0.444 e. The number of hydrogen-bond donors (Lipinski definition) is 4. The molecule has 49 heavy (non-hydrogen) atoms. The highest BCUT2D eigenvalue weighted by Crippen LogP contribution is 2.45. The third-order valence-corrected chi connectivity index (χ3v) is 11.0. The number of likely N-dealkylation sites (tertiary alicyclic amines) is 1. The van der Waals surface area contributed by atoms with Crippen LogP contribution in [0.2, 0.25) is 10.0 Å². The van der Waals surface area contributed by atoms with E-state index >= 15 is 0 Å². The van der Waals surface area contributed by atoms with Gasteiger partial charge in [0, 0.05) is 12.3 Å². The molecule has 5 amide bonds. The van der Waals surface area contributed by atoms with Crippen molar-refractivity contribution >= 4 is 68.8 Å². The van der Waals surface area contributed by atoms with Gasteiger partial charge in [-0.05, 0) is 57.6 Å². The van der Waals surface area contributed by atoms with Crippen LogP contribution in [0.15, 0.2) is 30.9 Å². The summed E-state index contributed by atoms with van der Waals surface area (Å²) in [5.74, 6) is -2.94. The minimum Gasteiger partial charge on any atom is -0.444 e. The first-order valence-electron chi connectivity index (χ1n) is 15.8. The molecule has 3 aliphatic rings. The number of rotatable bonds is 10. The Kier molecular flexibility index (Phi) is 10.9. The van der Waals surface area contributed by atoms with Gasteiger partial charge in [-0.15, -0.1) is 6.58 Å². The number of anilines is 1. The maximum Gasteiger partial charge on any atom is 0.412 e. The number of hydrogen-bond acceptors (Lipinski definition) is 9. The highest BCUT2D eigenvalue weighted by atomic mass is 35.5. The standard InChI is InChI=1S/C32H43Cl2N5O9S/c1-8-17-15-32(17,27(42)38-49(45,46)19-12-13-19)37-25(40)22-14-18(47-28(43)35-21-11-9-10-20(33)23(21)34)16-39(22)26(41)24(30(2,3)4)36-29(44)48-31(5,6)7/h8-11,17-19,22,24H,1,12-16H2,2-7H3,(H,35,43)(H,36,44)(H,37,40)(H,38,42)/t17?,18-,22+,24-,32-/m1/s1. The molecule has 5 atom stereocenters. The summed E-state index contributed by atoms with van der Waals surface area (Å²) in [5, 5.41) is 7.38. The normalized spacial score (nSPS) is 24.2. The number of carbonyl (C=O) groups is 5. The Morgan fingerprint density at radius 1 is 1.06 bits per heavy atom. The van der Waals surface area contributed by atoms with Crippen LogP contribution in [0.4, 0.5) is 15.3 Å². The van der Waals surface area contributed by atoms with Crippen molar-refractivity contribution in [2.75, 3.05) is 11.9 Å². The van der Waals surface area contributed by atoms with Crippen molar-refractivity contribution in [3.8, 4) is 0 Å². The van der Waals surface area contributed by atoms with Gasteiger partial charge in [-0.2, -0.15) is 0 Å². The number of alkyl carbamates (subject to hydrolysis) is 1. The molecule has 2 saturated carbocycles. The summed E-state index contributed by atoms with van der Waals surface area (Å²) in [6.45, 7) is 13.6. The van der Waals surface area contributed by atoms with Gasteiger partial charge in [0.2, 0.25) is 21.8 Å². The lowest BCUT2D eigenvalue weighted by Gasteiger charge is -2.36. The van der Waals surface area contributed by atoms with Gasteiger partial charge >= 0.3 is 12.2 Å². The predicted octanol–water partition coefficient (Wildman–Crippen LogP) is 4.12. The lowest BCUT2D eigenvalue weighted by atomic mass is 9.85. The molecule has 1 heterocycles. The number of ether oxygens (including phenoxy) is 2. The topological polar surface area (TPSA) is 189 Å². The van der Waals surface area contributed by atoms with E-state index < -0.39 is 85.8 Å². The van der Waals surface area contributed by atoms with Crippen molar-refractivity contribution in [1.82, 2.24) is 20.3 Å². The van der Waals surface area contributed by atoms with Crippen LogP contribution in [0.3, 0.4) is 0 Å². The van der Waals surface area contributed by atoms with E-state index in [-0.39, 0.29) is 35.1 Å². The van der Waals surface area contributed by atoms with Crippen LogP contribution < -0.4 is 20.7 Å². The number of halogens is 2. The van der Waals surface area contributed by atoms with Crippen LogP contribution in [0.25, 0.3) is 0 Å². The van der Waals surface area contributed by atoms with Crippen molar-refractivity contribution < 1.29 is 41.9 Å². The number of nitrogens with zero attached hydrogens (tertiary/aromatic N) is 1. The fourth-order valence-electron chi connectivity index (χ4n) is 5.53. The summed E-state index contributed by atoms with van der Waals surface area (Å²) < 4.78 is 38.2. The van der Waals surface area contributed by atoms with Gasteiger partial charge in [-0.3, -0.25) is 24.4 Å². The smallest absolute Gasteiger partial charge is 0.412 e. The molecule has 1 aromatic carbocycles. The van der Waals surface area contributed by atoms with Crippen molar-refractivity contribution in [3.63, 3.8) is 0 Å². The summed E-state index contributed by atoms with van der Waals surface area (Å²) in [7, 11) is -3.93. The first kappa shape index (κ1) is 38.2. The van der Waals surface area contributed by atoms with E-state index in [1.165, 1.54) is 23.1 Å². The Morgan fingerprint density at radius 2 is 1.71 bits per heavy atom. The molecule has 270 valence electrons. The maximum atomic E-state index is 14.2. The number of nitrogens with one attached hydrogen (secondary N) is 4. The minimum absolute atomic E-state index is 0.0799. The Labute approximate surface area is 296 Å². The highest BCUT2D eigenvalue weighted by Gasteiger charge is 2.62. The summed E-state index contributed by atoms with van der Waals surface area (Å²) in [5.41, 5.74) is -3.19. The van der Waals surface area contributed by atoms with Gasteiger partial charge in [0.05, 0.1) is 27.5 Å². The van der Waals surface area contributed by atoms with Crippen molar-refractivity contribution in [2.24, 2.45) is 11.3 Å². The zero-order chi connectivity index (χ0) is 36.7. The van der Waals surface area contributed by atoms with Gasteiger partial charge in [0.25, 0.3) is 5.91 Å². The second kappa shape index (κ2) is 14.0. The lowest BCUT2D eigenvalue weighted by Crippen LogP contribution is -2.60. The van der Waals surface area contributed by atoms with Gasteiger partial charge in [0.15, 0.2) is 0 Å². The molecule has 1 saturated heterocycles. The summed E-state index contributed by atoms with van der Waals surface area (Å²) in [6.07, 6.45) is -0.611. The van der Waals surface area contributed by atoms with E-state index in [4.69, 9.17) is 32.7 Å². The molecule has 4 rings (SSSR count). The number of amides is 5. The second-order valence-electron chi connectivity index (χ2n) is 14.6. The van der Waals surface area contributed by atoms with Crippen LogP contribution in [0, 0.1) is 11.3 Å². The lowest BCUT2D eigenvalue weighted by molar-refractivity contribution is -0.143. The van der Waals surface area contributed by atoms with E-state index in [0.29, 0.717) is 12.8 Å². The van der Waals surface area contributed by atoms with Crippen LogP contribution in [-0.2, 0) is 33.9 Å². The number of benzene rings is 1. The highest BCUT2D eigenvalue weighted by molar-refractivity contribution is 7.91. The van der Waals surface area contributed by atoms with Crippen molar-refractivity contribution in [2.45, 2.75) is 102 Å². The molecule has 14 nitrogen and oxygen atoms in total. The Bertz CT molecular complexity index is 1640. The third-order valence-electron chi connectivity index (χ3n) is 8.33. The minimum atomic E-state index is -3.93. The van der Waals surface area contributed by atoms with Crippen molar-refractivity contribution in [1.29, 1.82) is 0 Å². The van der Waals surface area contributed by atoms with Crippen LogP contribution >= 0.6 is 23.2 Å². The average Bonchev–Trinajstić information content (AvgIpc) is 3.89. The average molecular weight is 745 g/mol. The Balaban J connectivity index is 1.59. The Hall–Kier alpha value is -3.56. The zero-order valence-corrected chi connectivity index (χ0v) is 30.6. The van der Waals surface area contributed by atoms with Gasteiger partial charge in [0.1, 0.15) is 29.3 Å². The first-order chi connectivity index (χ1) is 22.6. The van der Waals surface area contributed by atoms with E-state index in [1.54, 1.807) is 47.6 Å². The molecule has 1 aromatic rings. The van der Waals surface area contributed by atoms with Crippen molar-refractivity contribution in [3.05, 3.63) is 40.9 Å².